The van der Waals surface area contributed by atoms with Crippen LogP contribution in [0.5, 0.6) is 0 Å². The summed E-state index contributed by atoms with van der Waals surface area (Å²) >= 11 is 0. The SMILES string of the molecule is O=CN1CCC(N2CCOC2=O)C1. The van der Waals surface area contributed by atoms with Crippen molar-refractivity contribution < 1.29 is 14.3 Å². The molecule has 0 saturated carbocycles. The zero-order valence-corrected chi connectivity index (χ0v) is 7.31. The molecule has 5 heteroatoms. The molecular weight excluding hydrogens is 172 g/mol. The summed E-state index contributed by atoms with van der Waals surface area (Å²) in [5, 5.41) is 0. The van der Waals surface area contributed by atoms with E-state index in [4.69, 9.17) is 4.74 Å². The number of nitrogens with zero attached hydrogens (tertiary/aromatic N) is 2. The Morgan fingerprint density at radius 1 is 1.46 bits per heavy atom. The standard InChI is InChI=1S/C8H12N2O3/c11-6-9-2-1-7(5-9)10-3-4-13-8(10)12/h6-7H,1-5H2. The van der Waals surface area contributed by atoms with E-state index in [1.165, 1.54) is 0 Å². The maximum absolute atomic E-state index is 11.2. The highest BCUT2D eigenvalue weighted by Crippen LogP contribution is 2.17. The van der Waals surface area contributed by atoms with Crippen molar-refractivity contribution in [2.75, 3.05) is 26.2 Å². The Morgan fingerprint density at radius 3 is 2.85 bits per heavy atom. The molecule has 5 nitrogen and oxygen atoms in total. The molecule has 2 aliphatic heterocycles. The summed E-state index contributed by atoms with van der Waals surface area (Å²) < 4.78 is 4.83. The molecule has 0 aromatic carbocycles. The zero-order chi connectivity index (χ0) is 9.26. The highest BCUT2D eigenvalue weighted by atomic mass is 16.6. The molecule has 2 aliphatic rings. The van der Waals surface area contributed by atoms with Crippen molar-refractivity contribution in [3.63, 3.8) is 0 Å². The summed E-state index contributed by atoms with van der Waals surface area (Å²) in [5.74, 6) is 0. The van der Waals surface area contributed by atoms with Crippen LogP contribution in [0.1, 0.15) is 6.42 Å². The molecule has 0 spiro atoms. The van der Waals surface area contributed by atoms with Gasteiger partial charge in [-0.1, -0.05) is 0 Å². The number of likely N-dealkylation sites (tertiary alicyclic amines) is 1. The molecule has 2 rings (SSSR count). The lowest BCUT2D eigenvalue weighted by Crippen LogP contribution is -2.37. The van der Waals surface area contributed by atoms with Gasteiger partial charge in [0.1, 0.15) is 6.61 Å². The number of amides is 2. The van der Waals surface area contributed by atoms with Gasteiger partial charge in [-0.05, 0) is 6.42 Å². The van der Waals surface area contributed by atoms with E-state index in [0.717, 1.165) is 19.4 Å². The fraction of sp³-hybridized carbons (Fsp3) is 0.750. The lowest BCUT2D eigenvalue weighted by Gasteiger charge is -2.20. The van der Waals surface area contributed by atoms with Crippen molar-refractivity contribution >= 4 is 12.5 Å². The van der Waals surface area contributed by atoms with Crippen LogP contribution in [-0.2, 0) is 9.53 Å². The highest BCUT2D eigenvalue weighted by Gasteiger charge is 2.33. The minimum Gasteiger partial charge on any atom is -0.448 e. The number of hydrogen-bond donors (Lipinski definition) is 0. The largest absolute Gasteiger partial charge is 0.448 e. The van der Waals surface area contributed by atoms with Crippen molar-refractivity contribution in [3.05, 3.63) is 0 Å². The average Bonchev–Trinajstić information content (AvgIpc) is 2.71. The van der Waals surface area contributed by atoms with Gasteiger partial charge in [0.2, 0.25) is 6.41 Å². The second-order valence-electron chi connectivity index (χ2n) is 3.35. The van der Waals surface area contributed by atoms with E-state index in [0.29, 0.717) is 19.7 Å². The molecule has 1 unspecified atom stereocenters. The molecule has 0 aromatic rings. The van der Waals surface area contributed by atoms with Crippen molar-refractivity contribution in [1.82, 2.24) is 9.80 Å². The molecule has 0 aromatic heterocycles. The van der Waals surface area contributed by atoms with Gasteiger partial charge < -0.3 is 9.64 Å². The second-order valence-corrected chi connectivity index (χ2v) is 3.35. The topological polar surface area (TPSA) is 49.9 Å². The van der Waals surface area contributed by atoms with Crippen LogP contribution in [0.25, 0.3) is 0 Å². The number of hydrogen-bond acceptors (Lipinski definition) is 3. The molecular formula is C8H12N2O3. The molecule has 2 heterocycles. The summed E-state index contributed by atoms with van der Waals surface area (Å²) in [7, 11) is 0. The lowest BCUT2D eigenvalue weighted by atomic mass is 10.2. The van der Waals surface area contributed by atoms with Crippen LogP contribution in [0.3, 0.4) is 0 Å². The Morgan fingerprint density at radius 2 is 2.31 bits per heavy atom. The number of carbonyl (C=O) groups excluding carboxylic acids is 2. The fourth-order valence-corrected chi connectivity index (χ4v) is 1.86. The van der Waals surface area contributed by atoms with E-state index in [-0.39, 0.29) is 12.1 Å². The normalized spacial score (nSPS) is 28.0. The number of carbonyl (C=O) groups is 2. The van der Waals surface area contributed by atoms with Gasteiger partial charge in [0.25, 0.3) is 0 Å². The first kappa shape index (κ1) is 8.34. The van der Waals surface area contributed by atoms with Crippen molar-refractivity contribution in [1.29, 1.82) is 0 Å². The predicted molar refractivity (Wildman–Crippen MR) is 44.1 cm³/mol. The molecule has 2 amide bonds. The molecule has 0 radical (unpaired) electrons. The van der Waals surface area contributed by atoms with Crippen LogP contribution < -0.4 is 0 Å². The van der Waals surface area contributed by atoms with Crippen LogP contribution in [0.4, 0.5) is 4.79 Å². The van der Waals surface area contributed by atoms with E-state index < -0.39 is 0 Å². The quantitative estimate of drug-likeness (QED) is 0.552. The van der Waals surface area contributed by atoms with Crippen LogP contribution in [-0.4, -0.2) is 54.6 Å². The number of cyclic esters (lactones) is 1. The summed E-state index contributed by atoms with van der Waals surface area (Å²) in [6.07, 6.45) is 1.47. The molecule has 0 aliphatic carbocycles. The third kappa shape index (κ3) is 1.46. The lowest BCUT2D eigenvalue weighted by molar-refractivity contribution is -0.117. The van der Waals surface area contributed by atoms with Crippen LogP contribution in [0.15, 0.2) is 0 Å². The summed E-state index contributed by atoms with van der Waals surface area (Å²) in [6, 6.07) is 0.167. The highest BCUT2D eigenvalue weighted by molar-refractivity contribution is 5.70. The average molecular weight is 184 g/mol. The summed E-state index contributed by atoms with van der Waals surface area (Å²) in [5.41, 5.74) is 0. The first-order chi connectivity index (χ1) is 6.31. The second kappa shape index (κ2) is 3.24. The van der Waals surface area contributed by atoms with Gasteiger partial charge in [-0.25, -0.2) is 4.79 Å². The monoisotopic (exact) mass is 184 g/mol. The van der Waals surface area contributed by atoms with Gasteiger partial charge in [0, 0.05) is 13.1 Å². The zero-order valence-electron chi connectivity index (χ0n) is 7.31. The third-order valence-corrected chi connectivity index (χ3v) is 2.58. The molecule has 1 atom stereocenters. The Labute approximate surface area is 76.2 Å². The van der Waals surface area contributed by atoms with Crippen molar-refractivity contribution in [2.24, 2.45) is 0 Å². The molecule has 13 heavy (non-hydrogen) atoms. The van der Waals surface area contributed by atoms with Gasteiger partial charge in [0.05, 0.1) is 12.6 Å². The maximum atomic E-state index is 11.2. The van der Waals surface area contributed by atoms with Crippen LogP contribution in [0.2, 0.25) is 0 Å². The molecule has 0 N–H and O–H groups in total. The summed E-state index contributed by atoms with van der Waals surface area (Å²) in [6.45, 7) is 2.54. The van der Waals surface area contributed by atoms with Gasteiger partial charge >= 0.3 is 6.09 Å². The van der Waals surface area contributed by atoms with Gasteiger partial charge in [-0.3, -0.25) is 9.69 Å². The van der Waals surface area contributed by atoms with Gasteiger partial charge in [0.15, 0.2) is 0 Å². The van der Waals surface area contributed by atoms with E-state index in [1.807, 2.05) is 0 Å². The first-order valence-corrected chi connectivity index (χ1v) is 4.44. The van der Waals surface area contributed by atoms with E-state index >= 15 is 0 Å². The van der Waals surface area contributed by atoms with Gasteiger partial charge in [-0.15, -0.1) is 0 Å². The summed E-state index contributed by atoms with van der Waals surface area (Å²) in [4.78, 5) is 25.0. The minimum absolute atomic E-state index is 0.167. The Balaban J connectivity index is 1.95. The molecule has 0 bridgehead atoms. The third-order valence-electron chi connectivity index (χ3n) is 2.58. The Hall–Kier alpha value is -1.26. The Kier molecular flexibility index (Phi) is 2.08. The molecule has 2 saturated heterocycles. The fourth-order valence-electron chi connectivity index (χ4n) is 1.86. The maximum Gasteiger partial charge on any atom is 0.410 e. The van der Waals surface area contributed by atoms with Gasteiger partial charge in [-0.2, -0.15) is 0 Å². The Bertz CT molecular complexity index is 231. The van der Waals surface area contributed by atoms with Crippen LogP contribution in [0, 0.1) is 0 Å². The van der Waals surface area contributed by atoms with Crippen molar-refractivity contribution in [2.45, 2.75) is 12.5 Å². The number of rotatable bonds is 2. The minimum atomic E-state index is -0.238. The predicted octanol–water partition coefficient (Wildman–Crippen LogP) is -0.331. The van der Waals surface area contributed by atoms with E-state index in [9.17, 15) is 9.59 Å². The van der Waals surface area contributed by atoms with Crippen molar-refractivity contribution in [3.8, 4) is 0 Å². The number of ether oxygens (including phenoxy) is 1. The molecule has 2 fully saturated rings. The smallest absolute Gasteiger partial charge is 0.410 e. The molecule has 72 valence electrons. The van der Waals surface area contributed by atoms with Crippen LogP contribution >= 0.6 is 0 Å². The van der Waals surface area contributed by atoms with E-state index in [2.05, 4.69) is 0 Å². The first-order valence-electron chi connectivity index (χ1n) is 4.44. The van der Waals surface area contributed by atoms with E-state index in [1.54, 1.807) is 9.80 Å².